The lowest BCUT2D eigenvalue weighted by Gasteiger charge is -2.29. The zero-order chi connectivity index (χ0) is 15.6. The van der Waals surface area contributed by atoms with Crippen LogP contribution in [0.3, 0.4) is 0 Å². The first-order chi connectivity index (χ1) is 9.81. The average Bonchev–Trinajstić information content (AvgIpc) is 2.40. The van der Waals surface area contributed by atoms with Crippen molar-refractivity contribution in [3.05, 3.63) is 21.6 Å². The topological polar surface area (TPSA) is 69.4 Å². The van der Waals surface area contributed by atoms with E-state index in [4.69, 9.17) is 21.5 Å². The molecule has 2 unspecified atom stereocenters. The minimum atomic E-state index is -3.89. The third-order valence-corrected chi connectivity index (χ3v) is 5.53. The van der Waals surface area contributed by atoms with Gasteiger partial charge in [-0.1, -0.05) is 47.3 Å². The van der Waals surface area contributed by atoms with E-state index in [1.807, 2.05) is 0 Å². The highest BCUT2D eigenvalue weighted by molar-refractivity contribution is 9.10. The zero-order valence-corrected chi connectivity index (χ0v) is 15.0. The minimum Gasteiger partial charge on any atom is -0.487 e. The van der Waals surface area contributed by atoms with Gasteiger partial charge in [-0.05, 0) is 37.3 Å². The van der Waals surface area contributed by atoms with Crippen LogP contribution in [0.1, 0.15) is 39.0 Å². The summed E-state index contributed by atoms with van der Waals surface area (Å²) in [5.74, 6) is 0.792. The molecule has 0 radical (unpaired) electrons. The lowest BCUT2D eigenvalue weighted by molar-refractivity contribution is 0.119. The Morgan fingerprint density at radius 1 is 1.43 bits per heavy atom. The van der Waals surface area contributed by atoms with E-state index in [1.54, 1.807) is 6.07 Å². The number of primary sulfonamides is 1. The quantitative estimate of drug-likeness (QED) is 0.833. The first-order valence-corrected chi connectivity index (χ1v) is 9.71. The molecule has 0 aliphatic heterocycles. The summed E-state index contributed by atoms with van der Waals surface area (Å²) in [7, 11) is -3.89. The van der Waals surface area contributed by atoms with Crippen LogP contribution in [0.25, 0.3) is 0 Å². The molecule has 0 amide bonds. The molecular weight excluding hydrogens is 378 g/mol. The van der Waals surface area contributed by atoms with E-state index in [9.17, 15) is 8.42 Å². The van der Waals surface area contributed by atoms with Crippen LogP contribution in [0.4, 0.5) is 0 Å². The molecule has 1 aliphatic rings. The molecule has 0 heterocycles. The molecule has 2 N–H and O–H groups in total. The summed E-state index contributed by atoms with van der Waals surface area (Å²) in [6.45, 7) is 2.16. The Bertz CT molecular complexity index is 621. The minimum absolute atomic E-state index is 0.0112. The van der Waals surface area contributed by atoms with E-state index in [0.717, 1.165) is 25.7 Å². The summed E-state index contributed by atoms with van der Waals surface area (Å²) in [6.07, 6.45) is 5.22. The molecule has 1 aromatic carbocycles. The van der Waals surface area contributed by atoms with E-state index < -0.39 is 10.0 Å². The first-order valence-electron chi connectivity index (χ1n) is 6.99. The summed E-state index contributed by atoms with van der Waals surface area (Å²) < 4.78 is 30.0. The van der Waals surface area contributed by atoms with Gasteiger partial charge in [0.05, 0.1) is 11.1 Å². The van der Waals surface area contributed by atoms with Crippen molar-refractivity contribution in [2.45, 2.75) is 50.0 Å². The van der Waals surface area contributed by atoms with Crippen LogP contribution < -0.4 is 9.88 Å². The predicted molar refractivity (Wildman–Crippen MR) is 87.2 cm³/mol. The van der Waals surface area contributed by atoms with Crippen molar-refractivity contribution >= 4 is 37.6 Å². The Labute approximate surface area is 139 Å². The number of benzene rings is 1. The largest absolute Gasteiger partial charge is 0.487 e. The highest BCUT2D eigenvalue weighted by atomic mass is 79.9. The maximum absolute atomic E-state index is 11.7. The second-order valence-corrected chi connectivity index (χ2v) is 8.29. The van der Waals surface area contributed by atoms with Gasteiger partial charge in [0.1, 0.15) is 4.90 Å². The SMILES string of the molecule is CCC1CCCC(Oc2c(Cl)cc(Br)cc2S(N)(=O)=O)C1. The van der Waals surface area contributed by atoms with Crippen LogP contribution in [-0.2, 0) is 10.0 Å². The van der Waals surface area contributed by atoms with E-state index in [-0.39, 0.29) is 21.8 Å². The number of ether oxygens (including phenoxy) is 1. The van der Waals surface area contributed by atoms with Gasteiger partial charge in [0, 0.05) is 4.47 Å². The fourth-order valence-electron chi connectivity index (χ4n) is 2.75. The Morgan fingerprint density at radius 3 is 2.76 bits per heavy atom. The maximum Gasteiger partial charge on any atom is 0.241 e. The zero-order valence-electron chi connectivity index (χ0n) is 11.8. The summed E-state index contributed by atoms with van der Waals surface area (Å²) in [4.78, 5) is -0.0690. The van der Waals surface area contributed by atoms with Gasteiger partial charge in [-0.3, -0.25) is 0 Å². The monoisotopic (exact) mass is 395 g/mol. The van der Waals surface area contributed by atoms with Crippen molar-refractivity contribution < 1.29 is 13.2 Å². The molecule has 1 fully saturated rings. The van der Waals surface area contributed by atoms with E-state index >= 15 is 0 Å². The molecule has 1 aromatic rings. The second kappa shape index (κ2) is 6.86. The highest BCUT2D eigenvalue weighted by Gasteiger charge is 2.26. The predicted octanol–water partition coefficient (Wildman–Crippen LogP) is 4.10. The number of hydrogen-bond acceptors (Lipinski definition) is 3. The second-order valence-electron chi connectivity index (χ2n) is 5.44. The normalized spacial score (nSPS) is 23.0. The fraction of sp³-hybridized carbons (Fsp3) is 0.571. The van der Waals surface area contributed by atoms with Crippen molar-refractivity contribution in [2.75, 3.05) is 0 Å². The standard InChI is InChI=1S/C14H19BrClNO3S/c1-2-9-4-3-5-11(6-9)20-14-12(16)7-10(15)8-13(14)21(17,18)19/h7-9,11H,2-6H2,1H3,(H2,17,18,19). The first kappa shape index (κ1) is 17.1. The molecule has 0 bridgehead atoms. The number of sulfonamides is 1. The van der Waals surface area contributed by atoms with Crippen molar-refractivity contribution in [3.63, 3.8) is 0 Å². The molecule has 0 saturated heterocycles. The number of hydrogen-bond donors (Lipinski definition) is 1. The Kier molecular flexibility index (Phi) is 5.57. The summed E-state index contributed by atoms with van der Waals surface area (Å²) in [5, 5.41) is 5.52. The molecular formula is C14H19BrClNO3S. The molecule has 1 saturated carbocycles. The third kappa shape index (κ3) is 4.34. The van der Waals surface area contributed by atoms with Gasteiger partial charge in [0.2, 0.25) is 10.0 Å². The van der Waals surface area contributed by atoms with E-state index in [0.29, 0.717) is 10.4 Å². The molecule has 1 aliphatic carbocycles. The number of nitrogens with two attached hydrogens (primary N) is 1. The fourth-order valence-corrected chi connectivity index (χ4v) is 4.52. The molecule has 7 heteroatoms. The van der Waals surface area contributed by atoms with Crippen LogP contribution in [0.15, 0.2) is 21.5 Å². The summed E-state index contributed by atoms with van der Waals surface area (Å²) in [5.41, 5.74) is 0. The van der Waals surface area contributed by atoms with Crippen LogP contribution in [-0.4, -0.2) is 14.5 Å². The molecule has 118 valence electrons. The van der Waals surface area contributed by atoms with Crippen molar-refractivity contribution in [2.24, 2.45) is 11.1 Å². The molecule has 0 aromatic heterocycles. The van der Waals surface area contributed by atoms with Crippen molar-refractivity contribution in [1.29, 1.82) is 0 Å². The molecule has 21 heavy (non-hydrogen) atoms. The van der Waals surface area contributed by atoms with Gasteiger partial charge >= 0.3 is 0 Å². The van der Waals surface area contributed by atoms with Gasteiger partial charge in [-0.25, -0.2) is 13.6 Å². The van der Waals surface area contributed by atoms with Crippen molar-refractivity contribution in [1.82, 2.24) is 0 Å². The average molecular weight is 397 g/mol. The Morgan fingerprint density at radius 2 is 2.14 bits per heavy atom. The Hall–Kier alpha value is -0.300. The van der Waals surface area contributed by atoms with Crippen LogP contribution in [0.5, 0.6) is 5.75 Å². The molecule has 0 spiro atoms. The highest BCUT2D eigenvalue weighted by Crippen LogP contribution is 2.38. The number of rotatable bonds is 4. The van der Waals surface area contributed by atoms with Crippen LogP contribution in [0.2, 0.25) is 5.02 Å². The van der Waals surface area contributed by atoms with E-state index in [1.165, 1.54) is 12.5 Å². The van der Waals surface area contributed by atoms with Gasteiger partial charge in [0.15, 0.2) is 5.75 Å². The third-order valence-electron chi connectivity index (χ3n) is 3.88. The molecule has 4 nitrogen and oxygen atoms in total. The smallest absolute Gasteiger partial charge is 0.241 e. The Balaban J connectivity index is 2.31. The summed E-state index contributed by atoms with van der Waals surface area (Å²) in [6, 6.07) is 3.04. The van der Waals surface area contributed by atoms with Crippen LogP contribution >= 0.6 is 27.5 Å². The van der Waals surface area contributed by atoms with Gasteiger partial charge in [0.25, 0.3) is 0 Å². The number of halogens is 2. The van der Waals surface area contributed by atoms with Gasteiger partial charge in [-0.2, -0.15) is 0 Å². The van der Waals surface area contributed by atoms with Crippen molar-refractivity contribution in [3.8, 4) is 5.75 Å². The van der Waals surface area contributed by atoms with Gasteiger partial charge in [-0.15, -0.1) is 0 Å². The van der Waals surface area contributed by atoms with Gasteiger partial charge < -0.3 is 4.74 Å². The lowest BCUT2D eigenvalue weighted by Crippen LogP contribution is -2.26. The molecule has 2 atom stereocenters. The maximum atomic E-state index is 11.7. The summed E-state index contributed by atoms with van der Waals surface area (Å²) >= 11 is 9.38. The lowest BCUT2D eigenvalue weighted by atomic mass is 9.85. The molecule has 2 rings (SSSR count). The van der Waals surface area contributed by atoms with Crippen LogP contribution in [0, 0.1) is 5.92 Å². The van der Waals surface area contributed by atoms with E-state index in [2.05, 4.69) is 22.9 Å².